The van der Waals surface area contributed by atoms with Crippen LogP contribution in [0.4, 0.5) is 0 Å². The van der Waals surface area contributed by atoms with E-state index in [1.54, 1.807) is 38.5 Å². The lowest BCUT2D eigenvalue weighted by Crippen LogP contribution is -1.94. The average molecular weight is 716 g/mol. The molecule has 4 aromatic carbocycles. The molecule has 0 aliphatic carbocycles. The van der Waals surface area contributed by atoms with Gasteiger partial charge in [-0.3, -0.25) is 0 Å². The molecule has 6 nitrogen and oxygen atoms in total. The van der Waals surface area contributed by atoms with E-state index in [1.807, 2.05) is 30.3 Å². The van der Waals surface area contributed by atoms with Crippen LogP contribution in [0.3, 0.4) is 0 Å². The highest BCUT2D eigenvalue weighted by atomic mass is 127. The Balaban J connectivity index is 0.000000205. The minimum Gasteiger partial charge on any atom is -0.494 e. The number of fused-ring (bicyclic) bond motifs is 4. The fourth-order valence-corrected chi connectivity index (χ4v) is 4.88. The topological polar surface area (TPSA) is 70.0 Å². The van der Waals surface area contributed by atoms with Crippen molar-refractivity contribution in [3.63, 3.8) is 0 Å². The summed E-state index contributed by atoms with van der Waals surface area (Å²) in [5, 5.41) is 1.88. The molecule has 202 valence electrons. The number of halogens is 5. The molecule has 6 aromatic rings. The van der Waals surface area contributed by atoms with Crippen LogP contribution >= 0.6 is 69.0 Å². The number of benzene rings is 4. The van der Waals surface area contributed by atoms with Gasteiger partial charge in [-0.2, -0.15) is 0 Å². The van der Waals surface area contributed by atoms with E-state index in [9.17, 15) is 0 Å². The molecule has 6 rings (SSSR count). The van der Waals surface area contributed by atoms with Crippen LogP contribution in [-0.2, 0) is 0 Å². The van der Waals surface area contributed by atoms with E-state index in [0.29, 0.717) is 59.2 Å². The second kappa shape index (κ2) is 12.8. The van der Waals surface area contributed by atoms with Crippen molar-refractivity contribution in [3.8, 4) is 11.5 Å². The van der Waals surface area contributed by atoms with E-state index in [0.717, 1.165) is 20.1 Å². The molecule has 0 saturated carbocycles. The summed E-state index contributed by atoms with van der Waals surface area (Å²) in [6.07, 6.45) is 0. The van der Waals surface area contributed by atoms with Gasteiger partial charge in [0.1, 0.15) is 28.0 Å². The maximum Gasteiger partial charge on any atom is 0.146 e. The molecule has 2 aromatic heterocycles. The fraction of sp³-hybridized carbons (Fsp3) is 0.143. The molecule has 0 amide bonds. The normalized spacial score (nSPS) is 10.5. The molecule has 0 atom stereocenters. The molecule has 2 heterocycles. The monoisotopic (exact) mass is 714 g/mol. The van der Waals surface area contributed by atoms with Crippen LogP contribution in [0, 0.1) is 3.57 Å². The first kappa shape index (κ1) is 31.1. The van der Waals surface area contributed by atoms with Crippen molar-refractivity contribution >= 4 is 113 Å². The number of hydrogen-bond acceptors (Lipinski definition) is 6. The molecule has 0 radical (unpaired) electrons. The molecule has 39 heavy (non-hydrogen) atoms. The van der Waals surface area contributed by atoms with Crippen LogP contribution in [0.2, 0.25) is 20.1 Å². The fourth-order valence-electron chi connectivity index (χ4n) is 3.69. The lowest BCUT2D eigenvalue weighted by Gasteiger charge is -2.08. The first-order valence-corrected chi connectivity index (χ1v) is 13.3. The summed E-state index contributed by atoms with van der Waals surface area (Å²) in [5.41, 5.74) is 5.82. The number of rotatable bonds is 2. The van der Waals surface area contributed by atoms with Gasteiger partial charge in [-0.1, -0.05) is 67.3 Å². The van der Waals surface area contributed by atoms with Gasteiger partial charge in [0.2, 0.25) is 0 Å². The van der Waals surface area contributed by atoms with Crippen LogP contribution in [0.25, 0.3) is 44.1 Å². The largest absolute Gasteiger partial charge is 0.494 e. The first-order chi connectivity index (χ1) is 17.8. The Labute approximate surface area is 259 Å². The summed E-state index contributed by atoms with van der Waals surface area (Å²) in [7, 11) is 3.22. The first-order valence-electron chi connectivity index (χ1n) is 10.7. The van der Waals surface area contributed by atoms with Crippen molar-refractivity contribution in [2.75, 3.05) is 14.2 Å². The standard InChI is InChI=1S/C13H7Cl2IN2O.C13H8Cl2N2O.2CH4/c1-19-11-3-2-8(16)12-13(11)18-10-5-7(15)6(14)4-9(10)17-12;1-18-12-4-2-3-9-13(12)17-11-6-8(15)7(14)5-10(11)16-9;;/h2-5H,1H3;2-6H,1H3;2*1H4. The molecule has 0 bridgehead atoms. The number of para-hydroxylation sites is 1. The van der Waals surface area contributed by atoms with Gasteiger partial charge >= 0.3 is 0 Å². The molecule has 11 heteroatoms. The van der Waals surface area contributed by atoms with Gasteiger partial charge in [0.05, 0.1) is 61.9 Å². The third-order valence-electron chi connectivity index (χ3n) is 5.46. The summed E-state index contributed by atoms with van der Waals surface area (Å²) >= 11 is 26.2. The highest BCUT2D eigenvalue weighted by Crippen LogP contribution is 2.32. The lowest BCUT2D eigenvalue weighted by atomic mass is 10.2. The number of hydrogen-bond donors (Lipinski definition) is 0. The van der Waals surface area contributed by atoms with Gasteiger partial charge < -0.3 is 9.47 Å². The quantitative estimate of drug-likeness (QED) is 0.131. The van der Waals surface area contributed by atoms with Crippen molar-refractivity contribution in [3.05, 3.63) is 78.3 Å². The zero-order valence-corrected chi connectivity index (χ0v) is 24.4. The van der Waals surface area contributed by atoms with Crippen molar-refractivity contribution in [2.45, 2.75) is 14.9 Å². The van der Waals surface area contributed by atoms with E-state index in [2.05, 4.69) is 42.5 Å². The third-order valence-corrected chi connectivity index (χ3v) is 7.77. The zero-order valence-electron chi connectivity index (χ0n) is 19.2. The molecule has 0 aliphatic heterocycles. The van der Waals surface area contributed by atoms with Crippen molar-refractivity contribution in [1.29, 1.82) is 0 Å². The van der Waals surface area contributed by atoms with Gasteiger partial charge in [-0.05, 0) is 71.1 Å². The van der Waals surface area contributed by atoms with Crippen molar-refractivity contribution < 1.29 is 9.47 Å². The molecular weight excluding hydrogens is 693 g/mol. The van der Waals surface area contributed by atoms with Crippen molar-refractivity contribution in [1.82, 2.24) is 19.9 Å². The Morgan fingerprint density at radius 3 is 1.49 bits per heavy atom. The molecular formula is C28H23Cl4IN4O2. The molecule has 0 aliphatic rings. The Bertz CT molecular complexity index is 1840. The Morgan fingerprint density at radius 2 is 0.974 bits per heavy atom. The number of ether oxygens (including phenoxy) is 2. The summed E-state index contributed by atoms with van der Waals surface area (Å²) in [6, 6.07) is 16.3. The van der Waals surface area contributed by atoms with Crippen LogP contribution in [-0.4, -0.2) is 34.2 Å². The average Bonchev–Trinajstić information content (AvgIpc) is 2.89. The Kier molecular flexibility index (Phi) is 10.2. The smallest absolute Gasteiger partial charge is 0.146 e. The SMILES string of the molecule is C.C.COc1ccc(I)c2nc3cc(Cl)c(Cl)cc3nc12.COc1cccc2nc3cc(Cl)c(Cl)cc3nc12. The summed E-state index contributed by atoms with van der Waals surface area (Å²) < 4.78 is 11.6. The summed E-state index contributed by atoms with van der Waals surface area (Å²) in [6.45, 7) is 0. The van der Waals surface area contributed by atoms with E-state index in [1.165, 1.54) is 0 Å². The van der Waals surface area contributed by atoms with Crippen LogP contribution in [0.1, 0.15) is 14.9 Å². The van der Waals surface area contributed by atoms with E-state index in [4.69, 9.17) is 55.9 Å². The second-order valence-electron chi connectivity index (χ2n) is 7.73. The summed E-state index contributed by atoms with van der Waals surface area (Å²) in [4.78, 5) is 18.2. The predicted octanol–water partition coefficient (Wildman–Crippen LogP) is 10.1. The third kappa shape index (κ3) is 6.18. The van der Waals surface area contributed by atoms with Crippen LogP contribution in [0.5, 0.6) is 11.5 Å². The highest BCUT2D eigenvalue weighted by Gasteiger charge is 2.12. The number of methoxy groups -OCH3 is 2. The predicted molar refractivity (Wildman–Crippen MR) is 173 cm³/mol. The summed E-state index contributed by atoms with van der Waals surface area (Å²) in [5.74, 6) is 1.38. The number of aromatic nitrogens is 4. The lowest BCUT2D eigenvalue weighted by molar-refractivity contribution is 0.419. The Hall–Kier alpha value is -2.43. The van der Waals surface area contributed by atoms with Crippen LogP contribution in [0.15, 0.2) is 54.6 Å². The van der Waals surface area contributed by atoms with Gasteiger partial charge in [-0.25, -0.2) is 19.9 Å². The van der Waals surface area contributed by atoms with Gasteiger partial charge in [0.15, 0.2) is 0 Å². The van der Waals surface area contributed by atoms with E-state index < -0.39 is 0 Å². The minimum absolute atomic E-state index is 0. The second-order valence-corrected chi connectivity index (χ2v) is 10.5. The Morgan fingerprint density at radius 1 is 0.538 bits per heavy atom. The molecule has 0 spiro atoms. The maximum absolute atomic E-state index is 6.01. The molecule has 0 N–H and O–H groups in total. The molecule has 0 saturated heterocycles. The van der Waals surface area contributed by atoms with Gasteiger partial charge in [0, 0.05) is 3.57 Å². The number of nitrogens with zero attached hydrogens (tertiary/aromatic N) is 4. The molecule has 0 fully saturated rings. The van der Waals surface area contributed by atoms with E-state index in [-0.39, 0.29) is 14.9 Å². The van der Waals surface area contributed by atoms with Crippen LogP contribution < -0.4 is 9.47 Å². The maximum atomic E-state index is 6.01. The zero-order chi connectivity index (χ0) is 26.3. The van der Waals surface area contributed by atoms with Gasteiger partial charge in [0.25, 0.3) is 0 Å². The van der Waals surface area contributed by atoms with Gasteiger partial charge in [-0.15, -0.1) is 0 Å². The highest BCUT2D eigenvalue weighted by molar-refractivity contribution is 14.1. The minimum atomic E-state index is 0. The molecule has 0 unspecified atom stereocenters. The van der Waals surface area contributed by atoms with E-state index >= 15 is 0 Å². The van der Waals surface area contributed by atoms with Crippen molar-refractivity contribution in [2.24, 2.45) is 0 Å².